The van der Waals surface area contributed by atoms with E-state index in [2.05, 4.69) is 15.6 Å². The van der Waals surface area contributed by atoms with Crippen LogP contribution in [0.2, 0.25) is 0 Å². The highest BCUT2D eigenvalue weighted by Gasteiger charge is 2.39. The Labute approximate surface area is 194 Å². The van der Waals surface area contributed by atoms with Crippen LogP contribution in [0.5, 0.6) is 0 Å². The molecule has 0 aliphatic carbocycles. The number of rotatable bonds is 10. The highest BCUT2D eigenvalue weighted by molar-refractivity contribution is 5.93. The Kier molecular flexibility index (Phi) is 9.31. The van der Waals surface area contributed by atoms with Gasteiger partial charge in [0.2, 0.25) is 11.8 Å². The zero-order valence-corrected chi connectivity index (χ0v) is 19.8. The highest BCUT2D eigenvalue weighted by atomic mass is 16.5. The zero-order valence-electron chi connectivity index (χ0n) is 19.8. The molecule has 0 saturated carbocycles. The van der Waals surface area contributed by atoms with E-state index in [0.717, 1.165) is 16.5 Å². The Morgan fingerprint density at radius 2 is 1.79 bits per heavy atom. The number of fused-ring (bicyclic) bond motifs is 1. The Bertz CT molecular complexity index is 973. The van der Waals surface area contributed by atoms with Gasteiger partial charge in [0.1, 0.15) is 12.1 Å². The molecule has 0 fully saturated rings. The maximum atomic E-state index is 13.5. The highest BCUT2D eigenvalue weighted by Crippen LogP contribution is 2.23. The van der Waals surface area contributed by atoms with Crippen molar-refractivity contribution in [2.45, 2.75) is 53.2 Å². The van der Waals surface area contributed by atoms with Crippen molar-refractivity contribution in [3.05, 3.63) is 42.1 Å². The largest absolute Gasteiger partial charge is 0.368 e. The van der Waals surface area contributed by atoms with Gasteiger partial charge in [-0.1, -0.05) is 39.0 Å². The molecule has 3 atom stereocenters. The number of amides is 3. The molecular weight excluding hydrogens is 424 g/mol. The molecule has 4 N–H and O–H groups in total. The second-order valence-corrected chi connectivity index (χ2v) is 8.90. The zero-order chi connectivity index (χ0) is 24.6. The minimum absolute atomic E-state index is 0.119. The summed E-state index contributed by atoms with van der Waals surface area (Å²) < 4.78 is 5.56. The Morgan fingerprint density at radius 1 is 1.09 bits per heavy atom. The maximum Gasteiger partial charge on any atom is 0.273 e. The van der Waals surface area contributed by atoms with E-state index >= 15 is 0 Å². The fraction of sp³-hybridized carbons (Fsp3) is 0.500. The van der Waals surface area contributed by atoms with Crippen LogP contribution in [0.1, 0.15) is 40.2 Å². The summed E-state index contributed by atoms with van der Waals surface area (Å²) in [7, 11) is 0. The van der Waals surface area contributed by atoms with Crippen molar-refractivity contribution in [3.8, 4) is 0 Å². The number of hydrogen-bond acceptors (Lipinski definition) is 6. The molecule has 0 bridgehead atoms. The number of benzene rings is 1. The summed E-state index contributed by atoms with van der Waals surface area (Å²) >= 11 is 0. The van der Waals surface area contributed by atoms with Gasteiger partial charge in [-0.25, -0.2) is 5.48 Å². The van der Waals surface area contributed by atoms with Gasteiger partial charge >= 0.3 is 0 Å². The van der Waals surface area contributed by atoms with E-state index in [0.29, 0.717) is 6.54 Å². The number of carbonyl (C=O) groups excluding carboxylic acids is 3. The fourth-order valence-corrected chi connectivity index (χ4v) is 3.64. The summed E-state index contributed by atoms with van der Waals surface area (Å²) in [4.78, 5) is 43.0. The minimum atomic E-state index is -1.26. The van der Waals surface area contributed by atoms with E-state index in [9.17, 15) is 19.6 Å². The van der Waals surface area contributed by atoms with E-state index in [-0.39, 0.29) is 18.9 Å². The molecule has 1 aromatic carbocycles. The van der Waals surface area contributed by atoms with Crippen LogP contribution in [0, 0.1) is 11.3 Å². The van der Waals surface area contributed by atoms with E-state index < -0.39 is 35.3 Å². The third-order valence-electron chi connectivity index (χ3n) is 5.29. The first-order valence-electron chi connectivity index (χ1n) is 11.1. The van der Waals surface area contributed by atoms with Gasteiger partial charge in [-0.15, -0.1) is 0 Å². The lowest BCUT2D eigenvalue weighted by atomic mass is 9.84. The number of ether oxygens (including phenoxy) is 1. The van der Waals surface area contributed by atoms with Gasteiger partial charge in [-0.05, 0) is 43.4 Å². The molecular formula is C24H34N4O5. The molecule has 9 nitrogen and oxygen atoms in total. The summed E-state index contributed by atoms with van der Waals surface area (Å²) in [6.07, 6.45) is 0.503. The summed E-state index contributed by atoms with van der Waals surface area (Å²) in [6.45, 7) is 9.59. The average Bonchev–Trinajstić information content (AvgIpc) is 2.78. The van der Waals surface area contributed by atoms with Crippen LogP contribution < -0.4 is 16.1 Å². The molecule has 180 valence electrons. The van der Waals surface area contributed by atoms with Crippen LogP contribution in [0.3, 0.4) is 0 Å². The molecule has 0 spiro atoms. The first-order valence-corrected chi connectivity index (χ1v) is 11.1. The number of likely N-dealkylation sites (N-methyl/N-ethyl adjacent to an activating group) is 1. The van der Waals surface area contributed by atoms with E-state index in [1.165, 1.54) is 0 Å². The second kappa shape index (κ2) is 11.7. The van der Waals surface area contributed by atoms with E-state index in [1.807, 2.05) is 51.1 Å². The molecule has 0 saturated heterocycles. The van der Waals surface area contributed by atoms with Gasteiger partial charge in [0, 0.05) is 24.7 Å². The van der Waals surface area contributed by atoms with Crippen LogP contribution in [0.15, 0.2) is 36.5 Å². The number of aromatic nitrogens is 1. The topological polar surface area (TPSA) is 130 Å². The van der Waals surface area contributed by atoms with Crippen LogP contribution in [-0.2, 0) is 25.5 Å². The standard InChI is InChI=1S/C24H34N4O5/c1-6-25-23(31)20(24(3,4)5)27-21(29)17(19(33-7-2)22(30)28-32)13-15-12-16-10-8-9-11-18(16)26-14-15/h8-12,14,17,19-20,32H,6-7,13H2,1-5H3,(H,25,31)(H,27,29)(H,28,30)/t17-,19+,20-/m1/s1. The van der Waals surface area contributed by atoms with Crippen molar-refractivity contribution in [1.29, 1.82) is 0 Å². The predicted octanol–water partition coefficient (Wildman–Crippen LogP) is 1.97. The molecule has 2 rings (SSSR count). The van der Waals surface area contributed by atoms with Crippen molar-refractivity contribution >= 4 is 28.6 Å². The summed E-state index contributed by atoms with van der Waals surface area (Å²) in [5.74, 6) is -2.70. The molecule has 0 radical (unpaired) electrons. The number of para-hydroxylation sites is 1. The molecule has 1 aromatic heterocycles. The first kappa shape index (κ1) is 26.2. The van der Waals surface area contributed by atoms with Gasteiger partial charge < -0.3 is 15.4 Å². The number of pyridine rings is 1. The minimum Gasteiger partial charge on any atom is -0.368 e. The fourth-order valence-electron chi connectivity index (χ4n) is 3.64. The summed E-state index contributed by atoms with van der Waals surface area (Å²) in [5, 5.41) is 15.7. The molecule has 3 amide bonds. The first-order chi connectivity index (χ1) is 15.6. The van der Waals surface area contributed by atoms with Crippen molar-refractivity contribution in [3.63, 3.8) is 0 Å². The van der Waals surface area contributed by atoms with Gasteiger partial charge in [0.15, 0.2) is 0 Å². The lowest BCUT2D eigenvalue weighted by Crippen LogP contribution is -2.57. The number of hydrogen-bond donors (Lipinski definition) is 4. The van der Waals surface area contributed by atoms with Gasteiger partial charge in [-0.2, -0.15) is 0 Å². The second-order valence-electron chi connectivity index (χ2n) is 8.90. The maximum absolute atomic E-state index is 13.5. The SMILES string of the molecule is CCNC(=O)[C@@H](NC(=O)[C@H](Cc1cnc2ccccc2c1)[C@H](OCC)C(=O)NO)C(C)(C)C. The third-order valence-corrected chi connectivity index (χ3v) is 5.29. The van der Waals surface area contributed by atoms with Crippen LogP contribution in [0.4, 0.5) is 0 Å². The molecule has 0 aliphatic rings. The smallest absolute Gasteiger partial charge is 0.273 e. The average molecular weight is 459 g/mol. The molecule has 33 heavy (non-hydrogen) atoms. The predicted molar refractivity (Wildman–Crippen MR) is 124 cm³/mol. The van der Waals surface area contributed by atoms with Crippen molar-refractivity contribution in [1.82, 2.24) is 21.1 Å². The molecule has 1 heterocycles. The van der Waals surface area contributed by atoms with Crippen LogP contribution in [-0.4, -0.2) is 53.2 Å². The van der Waals surface area contributed by atoms with Gasteiger partial charge in [0.05, 0.1) is 11.4 Å². The Balaban J connectivity index is 2.42. The number of nitrogens with one attached hydrogen (secondary N) is 3. The number of hydroxylamine groups is 1. The van der Waals surface area contributed by atoms with E-state index in [4.69, 9.17) is 4.74 Å². The molecule has 2 aromatic rings. The van der Waals surface area contributed by atoms with Gasteiger partial charge in [0.25, 0.3) is 5.91 Å². The monoisotopic (exact) mass is 458 g/mol. The number of carbonyl (C=O) groups is 3. The van der Waals surface area contributed by atoms with E-state index in [1.54, 1.807) is 25.5 Å². The van der Waals surface area contributed by atoms with Crippen molar-refractivity contribution < 1.29 is 24.3 Å². The quantitative estimate of drug-likeness (QED) is 0.318. The number of nitrogens with zero attached hydrogens (tertiary/aromatic N) is 1. The Morgan fingerprint density at radius 3 is 2.39 bits per heavy atom. The lowest BCUT2D eigenvalue weighted by Gasteiger charge is -2.33. The Hall–Kier alpha value is -3.04. The summed E-state index contributed by atoms with van der Waals surface area (Å²) in [5.41, 5.74) is 2.53. The molecule has 0 unspecified atom stereocenters. The lowest BCUT2D eigenvalue weighted by molar-refractivity contribution is -0.151. The van der Waals surface area contributed by atoms with Crippen molar-refractivity contribution in [2.75, 3.05) is 13.2 Å². The summed E-state index contributed by atoms with van der Waals surface area (Å²) in [6, 6.07) is 8.63. The van der Waals surface area contributed by atoms with Crippen molar-refractivity contribution in [2.24, 2.45) is 11.3 Å². The molecule has 9 heteroatoms. The third kappa shape index (κ3) is 6.97. The van der Waals surface area contributed by atoms with Crippen LogP contribution >= 0.6 is 0 Å². The van der Waals surface area contributed by atoms with Gasteiger partial charge in [-0.3, -0.25) is 24.6 Å². The molecule has 0 aliphatic heterocycles. The normalized spacial score (nSPS) is 14.2. The van der Waals surface area contributed by atoms with Crippen LogP contribution in [0.25, 0.3) is 10.9 Å².